The summed E-state index contributed by atoms with van der Waals surface area (Å²) >= 11 is 0. The maximum atomic E-state index is 11.8. The zero-order chi connectivity index (χ0) is 14.0. The monoisotopic (exact) mass is 258 g/mol. The van der Waals surface area contributed by atoms with Gasteiger partial charge >= 0.3 is 5.97 Å². The van der Waals surface area contributed by atoms with Crippen molar-refractivity contribution >= 4 is 12.3 Å². The Morgan fingerprint density at radius 3 is 2.47 bits per heavy atom. The van der Waals surface area contributed by atoms with Crippen LogP contribution in [0.25, 0.3) is 11.3 Å². The van der Waals surface area contributed by atoms with Gasteiger partial charge in [0, 0.05) is 5.56 Å². The first kappa shape index (κ1) is 13.1. The van der Waals surface area contributed by atoms with Gasteiger partial charge in [-0.15, -0.1) is 0 Å². The molecule has 2 rings (SSSR count). The quantitative estimate of drug-likeness (QED) is 0.626. The van der Waals surface area contributed by atoms with E-state index in [1.54, 1.807) is 18.2 Å². The number of benzene rings is 1. The van der Waals surface area contributed by atoms with Crippen LogP contribution in [0.15, 0.2) is 28.7 Å². The predicted molar refractivity (Wildman–Crippen MR) is 70.3 cm³/mol. The van der Waals surface area contributed by atoms with Gasteiger partial charge in [-0.1, -0.05) is 0 Å². The fourth-order valence-electron chi connectivity index (χ4n) is 1.86. The topological polar surface area (TPSA) is 56.5 Å². The molecule has 0 aliphatic carbocycles. The molecule has 1 aromatic carbocycles. The first-order valence-corrected chi connectivity index (χ1v) is 5.81. The van der Waals surface area contributed by atoms with Crippen molar-refractivity contribution in [3.8, 4) is 11.3 Å². The minimum atomic E-state index is -0.429. The van der Waals surface area contributed by atoms with E-state index < -0.39 is 5.97 Å². The first-order chi connectivity index (χ1) is 9.06. The smallest absolute Gasteiger partial charge is 0.338 e. The molecule has 0 saturated heterocycles. The third-order valence-electron chi connectivity index (χ3n) is 3.05. The van der Waals surface area contributed by atoms with Crippen LogP contribution in [0.1, 0.15) is 32.0 Å². The molecule has 4 nitrogen and oxygen atoms in total. The Bertz CT molecular complexity index is 638. The van der Waals surface area contributed by atoms with Gasteiger partial charge in [-0.05, 0) is 49.2 Å². The zero-order valence-electron chi connectivity index (χ0n) is 11.0. The normalized spacial score (nSPS) is 10.3. The number of esters is 1. The maximum Gasteiger partial charge on any atom is 0.338 e. The highest BCUT2D eigenvalue weighted by Gasteiger charge is 2.17. The number of carbonyl (C=O) groups excluding carboxylic acids is 2. The predicted octanol–water partition coefficient (Wildman–Crippen LogP) is 3.16. The minimum Gasteiger partial charge on any atom is -0.465 e. The highest BCUT2D eigenvalue weighted by atomic mass is 16.5. The zero-order valence-corrected chi connectivity index (χ0v) is 11.0. The van der Waals surface area contributed by atoms with E-state index in [0.29, 0.717) is 23.2 Å². The van der Waals surface area contributed by atoms with E-state index in [1.807, 2.05) is 19.9 Å². The Hall–Kier alpha value is -2.36. The van der Waals surface area contributed by atoms with Crippen molar-refractivity contribution in [2.75, 3.05) is 7.11 Å². The van der Waals surface area contributed by atoms with E-state index in [4.69, 9.17) is 9.15 Å². The molecule has 0 spiro atoms. The van der Waals surface area contributed by atoms with Gasteiger partial charge in [0.25, 0.3) is 0 Å². The van der Waals surface area contributed by atoms with Crippen LogP contribution in [0.5, 0.6) is 0 Å². The van der Waals surface area contributed by atoms with Crippen molar-refractivity contribution in [3.05, 3.63) is 46.7 Å². The van der Waals surface area contributed by atoms with Gasteiger partial charge in [0.2, 0.25) is 0 Å². The molecule has 0 amide bonds. The molecule has 0 atom stereocenters. The van der Waals surface area contributed by atoms with E-state index in [1.165, 1.54) is 7.11 Å². The second kappa shape index (κ2) is 5.10. The summed E-state index contributed by atoms with van der Waals surface area (Å²) in [5.41, 5.74) is 3.08. The van der Waals surface area contributed by atoms with Crippen LogP contribution in [0.4, 0.5) is 0 Å². The van der Waals surface area contributed by atoms with Gasteiger partial charge in [0.15, 0.2) is 12.0 Å². The number of carbonyl (C=O) groups is 2. The summed E-state index contributed by atoms with van der Waals surface area (Å²) in [7, 11) is 1.33. The van der Waals surface area contributed by atoms with E-state index in [0.717, 1.165) is 11.1 Å². The van der Waals surface area contributed by atoms with Crippen molar-refractivity contribution in [3.63, 3.8) is 0 Å². The lowest BCUT2D eigenvalue weighted by Gasteiger charge is -2.09. The molecule has 0 aliphatic heterocycles. The summed E-state index contributed by atoms with van der Waals surface area (Å²) in [5.74, 6) is 0.275. The number of aldehydes is 1. The molecule has 0 N–H and O–H groups in total. The summed E-state index contributed by atoms with van der Waals surface area (Å²) in [6, 6.07) is 6.85. The van der Waals surface area contributed by atoms with Crippen molar-refractivity contribution in [2.24, 2.45) is 0 Å². The standard InChI is InChI=1S/C15H14O4/c1-9-6-12(14-5-4-11(8-16)19-14)13(7-10(9)2)15(17)18-3/h4-8H,1-3H3. The van der Waals surface area contributed by atoms with Crippen molar-refractivity contribution < 1.29 is 18.7 Å². The Labute approximate surface area is 111 Å². The highest BCUT2D eigenvalue weighted by Crippen LogP contribution is 2.28. The molecule has 0 aliphatic rings. The number of ether oxygens (including phenoxy) is 1. The number of aryl methyl sites for hydroxylation is 2. The van der Waals surface area contributed by atoms with Crippen molar-refractivity contribution in [1.82, 2.24) is 0 Å². The van der Waals surface area contributed by atoms with Crippen LogP contribution >= 0.6 is 0 Å². The van der Waals surface area contributed by atoms with Crippen LogP contribution < -0.4 is 0 Å². The van der Waals surface area contributed by atoms with Gasteiger partial charge in [-0.2, -0.15) is 0 Å². The molecular formula is C15H14O4. The number of hydrogen-bond acceptors (Lipinski definition) is 4. The number of hydrogen-bond donors (Lipinski definition) is 0. The molecule has 0 bridgehead atoms. The van der Waals surface area contributed by atoms with Gasteiger partial charge in [-0.25, -0.2) is 4.79 Å². The average Bonchev–Trinajstić information content (AvgIpc) is 2.89. The number of methoxy groups -OCH3 is 1. The molecule has 1 heterocycles. The van der Waals surface area contributed by atoms with Crippen molar-refractivity contribution in [1.29, 1.82) is 0 Å². The van der Waals surface area contributed by atoms with Crippen LogP contribution in [0.2, 0.25) is 0 Å². The lowest BCUT2D eigenvalue weighted by atomic mass is 9.98. The lowest BCUT2D eigenvalue weighted by Crippen LogP contribution is -2.04. The van der Waals surface area contributed by atoms with E-state index in [9.17, 15) is 9.59 Å². The van der Waals surface area contributed by atoms with Gasteiger partial charge < -0.3 is 9.15 Å². The van der Waals surface area contributed by atoms with E-state index >= 15 is 0 Å². The Balaban J connectivity index is 2.63. The lowest BCUT2D eigenvalue weighted by molar-refractivity contribution is 0.0601. The molecular weight excluding hydrogens is 244 g/mol. The van der Waals surface area contributed by atoms with Crippen LogP contribution in [0, 0.1) is 13.8 Å². The van der Waals surface area contributed by atoms with Crippen LogP contribution in [0.3, 0.4) is 0 Å². The third-order valence-corrected chi connectivity index (χ3v) is 3.05. The molecule has 1 aromatic heterocycles. The van der Waals surface area contributed by atoms with Crippen LogP contribution in [-0.2, 0) is 4.74 Å². The molecule has 98 valence electrons. The highest BCUT2D eigenvalue weighted by molar-refractivity contribution is 5.97. The van der Waals surface area contributed by atoms with Gasteiger partial charge in [0.1, 0.15) is 5.76 Å². The summed E-state index contributed by atoms with van der Waals surface area (Å²) in [4.78, 5) is 22.5. The molecule has 0 radical (unpaired) electrons. The summed E-state index contributed by atoms with van der Waals surface area (Å²) in [5, 5.41) is 0. The SMILES string of the molecule is COC(=O)c1cc(C)c(C)cc1-c1ccc(C=O)o1. The second-order valence-electron chi connectivity index (χ2n) is 4.29. The maximum absolute atomic E-state index is 11.8. The van der Waals surface area contributed by atoms with Crippen LogP contribution in [-0.4, -0.2) is 19.4 Å². The number of furan rings is 1. The fourth-order valence-corrected chi connectivity index (χ4v) is 1.86. The second-order valence-corrected chi connectivity index (χ2v) is 4.29. The summed E-state index contributed by atoms with van der Waals surface area (Å²) < 4.78 is 10.1. The molecule has 2 aromatic rings. The molecule has 0 saturated carbocycles. The largest absolute Gasteiger partial charge is 0.465 e. The van der Waals surface area contributed by atoms with E-state index in [-0.39, 0.29) is 5.76 Å². The summed E-state index contributed by atoms with van der Waals surface area (Å²) in [6.45, 7) is 3.87. The minimum absolute atomic E-state index is 0.226. The molecule has 0 unspecified atom stereocenters. The summed E-state index contributed by atoms with van der Waals surface area (Å²) in [6.07, 6.45) is 0.627. The Morgan fingerprint density at radius 1 is 1.21 bits per heavy atom. The van der Waals surface area contributed by atoms with Crippen molar-refractivity contribution in [2.45, 2.75) is 13.8 Å². The van der Waals surface area contributed by atoms with Gasteiger partial charge in [0.05, 0.1) is 12.7 Å². The number of rotatable bonds is 3. The van der Waals surface area contributed by atoms with E-state index in [2.05, 4.69) is 0 Å². The first-order valence-electron chi connectivity index (χ1n) is 5.81. The average molecular weight is 258 g/mol. The Morgan fingerprint density at radius 2 is 1.89 bits per heavy atom. The molecule has 19 heavy (non-hydrogen) atoms. The molecule has 4 heteroatoms. The fraction of sp³-hybridized carbons (Fsp3) is 0.200. The molecule has 0 fully saturated rings. The third kappa shape index (κ3) is 2.42. The Kier molecular flexibility index (Phi) is 3.51. The van der Waals surface area contributed by atoms with Gasteiger partial charge in [-0.3, -0.25) is 4.79 Å².